The van der Waals surface area contributed by atoms with Gasteiger partial charge in [-0.3, -0.25) is 0 Å². The lowest BCUT2D eigenvalue weighted by atomic mass is 9.83. The lowest BCUT2D eigenvalue weighted by Gasteiger charge is -2.51. The first kappa shape index (κ1) is 33.9. The van der Waals surface area contributed by atoms with Crippen molar-refractivity contribution in [3.63, 3.8) is 0 Å². The second-order valence-electron chi connectivity index (χ2n) is 12.6. The highest BCUT2D eigenvalue weighted by atomic mass is 28.4. The normalized spacial score (nSPS) is 23.0. The van der Waals surface area contributed by atoms with Gasteiger partial charge in [-0.1, -0.05) is 116 Å². The molecule has 41 heavy (non-hydrogen) atoms. The summed E-state index contributed by atoms with van der Waals surface area (Å²) in [6.07, 6.45) is -0.514. The highest BCUT2D eigenvalue weighted by Crippen LogP contribution is 2.48. The van der Waals surface area contributed by atoms with E-state index in [0.29, 0.717) is 49.3 Å². The minimum absolute atomic E-state index is 0.229. The summed E-state index contributed by atoms with van der Waals surface area (Å²) in [4.78, 5) is 0. The molecule has 7 heteroatoms. The van der Waals surface area contributed by atoms with E-state index in [9.17, 15) is 10.2 Å². The molecule has 0 aromatic heterocycles. The molecule has 6 nitrogen and oxygen atoms in total. The quantitative estimate of drug-likeness (QED) is 0.194. The Morgan fingerprint density at radius 2 is 1.41 bits per heavy atom. The molecule has 1 aliphatic heterocycles. The summed E-state index contributed by atoms with van der Waals surface area (Å²) in [6.45, 7) is 16.6. The van der Waals surface area contributed by atoms with E-state index in [1.165, 1.54) is 0 Å². The molecule has 0 bridgehead atoms. The molecule has 0 radical (unpaired) electrons. The van der Waals surface area contributed by atoms with Gasteiger partial charge in [0, 0.05) is 6.42 Å². The van der Waals surface area contributed by atoms with Gasteiger partial charge in [-0.05, 0) is 34.2 Å². The van der Waals surface area contributed by atoms with Crippen LogP contribution in [-0.4, -0.2) is 61.8 Å². The van der Waals surface area contributed by atoms with Crippen molar-refractivity contribution in [3.8, 4) is 0 Å². The standard InChI is InChI=1S/C34H54O6Si/c1-8-19-34(32(36)20-30(39-34)24-37-22-28-15-11-9-12-16-28)33(40-41(25(2)3,26(4)5)27(6)7)31(21-35)38-23-29-17-13-10-14-18-29/h9-18,25-27,30-33,35-36H,8,19-24H2,1-7H3/t30-,31-,32-,33+,34-/m0/s1. The van der Waals surface area contributed by atoms with Crippen molar-refractivity contribution in [2.75, 3.05) is 13.2 Å². The molecule has 3 rings (SSSR count). The van der Waals surface area contributed by atoms with Gasteiger partial charge in [-0.25, -0.2) is 0 Å². The van der Waals surface area contributed by atoms with Crippen LogP contribution in [0.4, 0.5) is 0 Å². The maximum Gasteiger partial charge on any atom is 0.201 e. The molecule has 0 unspecified atom stereocenters. The third-order valence-electron chi connectivity index (χ3n) is 8.84. The zero-order valence-corrected chi connectivity index (χ0v) is 27.3. The van der Waals surface area contributed by atoms with Crippen molar-refractivity contribution in [1.29, 1.82) is 0 Å². The molecule has 2 aromatic rings. The predicted molar refractivity (Wildman–Crippen MR) is 167 cm³/mol. The molecule has 2 N–H and O–H groups in total. The largest absolute Gasteiger partial charge is 0.407 e. The Labute approximate surface area is 249 Å². The number of ether oxygens (including phenoxy) is 3. The molecule has 1 aliphatic rings. The molecule has 0 spiro atoms. The van der Waals surface area contributed by atoms with E-state index in [4.69, 9.17) is 18.6 Å². The summed E-state index contributed by atoms with van der Waals surface area (Å²) in [5.74, 6) is 0. The van der Waals surface area contributed by atoms with Crippen molar-refractivity contribution in [3.05, 3.63) is 71.8 Å². The number of rotatable bonds is 17. The summed E-state index contributed by atoms with van der Waals surface area (Å²) in [5.41, 5.74) is 2.07. The number of aliphatic hydroxyl groups is 2. The maximum absolute atomic E-state index is 11.8. The van der Waals surface area contributed by atoms with Crippen LogP contribution >= 0.6 is 0 Å². The van der Waals surface area contributed by atoms with Crippen LogP contribution in [0, 0.1) is 0 Å². The van der Waals surface area contributed by atoms with Crippen molar-refractivity contribution < 1.29 is 28.8 Å². The molecule has 0 aliphatic carbocycles. The van der Waals surface area contributed by atoms with Crippen molar-refractivity contribution in [2.45, 2.75) is 128 Å². The predicted octanol–water partition coefficient (Wildman–Crippen LogP) is 7.03. The van der Waals surface area contributed by atoms with Gasteiger partial charge in [-0.2, -0.15) is 0 Å². The van der Waals surface area contributed by atoms with Gasteiger partial charge in [-0.15, -0.1) is 0 Å². The van der Waals surface area contributed by atoms with Crippen LogP contribution in [0.3, 0.4) is 0 Å². The maximum atomic E-state index is 11.8. The second-order valence-corrected chi connectivity index (χ2v) is 18.0. The molecule has 5 atom stereocenters. The van der Waals surface area contributed by atoms with Gasteiger partial charge < -0.3 is 28.8 Å². The van der Waals surface area contributed by atoms with Crippen LogP contribution in [0.5, 0.6) is 0 Å². The summed E-state index contributed by atoms with van der Waals surface area (Å²) in [6, 6.07) is 20.1. The molecular formula is C34H54O6Si. The zero-order valence-electron chi connectivity index (χ0n) is 26.3. The molecular weight excluding hydrogens is 532 g/mol. The molecule has 0 amide bonds. The lowest BCUT2D eigenvalue weighted by molar-refractivity contribution is -0.200. The Morgan fingerprint density at radius 1 is 0.878 bits per heavy atom. The van der Waals surface area contributed by atoms with Gasteiger partial charge in [0.05, 0.1) is 38.6 Å². The van der Waals surface area contributed by atoms with E-state index < -0.39 is 32.2 Å². The molecule has 230 valence electrons. The highest BCUT2D eigenvalue weighted by Gasteiger charge is 2.59. The first-order chi connectivity index (χ1) is 19.6. The van der Waals surface area contributed by atoms with Gasteiger partial charge in [0.25, 0.3) is 0 Å². The Morgan fingerprint density at radius 3 is 1.90 bits per heavy atom. The van der Waals surface area contributed by atoms with E-state index in [2.05, 4.69) is 48.5 Å². The second kappa shape index (κ2) is 15.8. The first-order valence-electron chi connectivity index (χ1n) is 15.5. The Hall–Kier alpha value is -1.58. The number of aliphatic hydroxyl groups excluding tert-OH is 2. The topological polar surface area (TPSA) is 77.4 Å². The fourth-order valence-electron chi connectivity index (χ4n) is 7.02. The van der Waals surface area contributed by atoms with Crippen LogP contribution in [0.2, 0.25) is 16.6 Å². The summed E-state index contributed by atoms with van der Waals surface area (Å²) in [5, 5.41) is 22.6. The van der Waals surface area contributed by atoms with E-state index in [0.717, 1.165) is 17.5 Å². The summed E-state index contributed by atoms with van der Waals surface area (Å²) < 4.78 is 26.8. The Kier molecular flexibility index (Phi) is 13.0. The van der Waals surface area contributed by atoms with Gasteiger partial charge >= 0.3 is 0 Å². The minimum Gasteiger partial charge on any atom is -0.407 e. The molecule has 1 saturated heterocycles. The van der Waals surface area contributed by atoms with Gasteiger partial charge in [0.1, 0.15) is 17.8 Å². The van der Waals surface area contributed by atoms with Crippen LogP contribution in [0.1, 0.15) is 78.9 Å². The fraction of sp³-hybridized carbons (Fsp3) is 0.647. The lowest BCUT2D eigenvalue weighted by Crippen LogP contribution is -2.63. The van der Waals surface area contributed by atoms with Crippen LogP contribution < -0.4 is 0 Å². The van der Waals surface area contributed by atoms with Gasteiger partial charge in [0.15, 0.2) is 0 Å². The third-order valence-corrected chi connectivity index (χ3v) is 14.9. The van der Waals surface area contributed by atoms with E-state index in [1.807, 2.05) is 60.7 Å². The summed E-state index contributed by atoms with van der Waals surface area (Å²) in [7, 11) is -2.46. The SMILES string of the molecule is CCC[C@]1([C@H](O[Si](C(C)C)(C(C)C)C(C)C)[C@H](CO)OCc2ccccc2)O[C@H](COCc2ccccc2)C[C@@H]1O. The fourth-order valence-corrected chi connectivity index (χ4v) is 12.6. The van der Waals surface area contributed by atoms with Gasteiger partial charge in [0.2, 0.25) is 8.32 Å². The summed E-state index contributed by atoms with van der Waals surface area (Å²) >= 11 is 0. The molecule has 0 saturated carbocycles. The highest BCUT2D eigenvalue weighted by molar-refractivity contribution is 6.77. The van der Waals surface area contributed by atoms with Crippen molar-refractivity contribution in [1.82, 2.24) is 0 Å². The van der Waals surface area contributed by atoms with E-state index >= 15 is 0 Å². The number of benzene rings is 2. The average molecular weight is 587 g/mol. The van der Waals surface area contributed by atoms with E-state index in [1.54, 1.807) is 0 Å². The number of hydrogen-bond acceptors (Lipinski definition) is 6. The minimum atomic E-state index is -2.46. The zero-order chi connectivity index (χ0) is 30.0. The number of hydrogen-bond donors (Lipinski definition) is 2. The monoisotopic (exact) mass is 586 g/mol. The molecule has 1 fully saturated rings. The third kappa shape index (κ3) is 8.08. The van der Waals surface area contributed by atoms with E-state index in [-0.39, 0.29) is 12.7 Å². The van der Waals surface area contributed by atoms with Crippen molar-refractivity contribution >= 4 is 8.32 Å². The smallest absolute Gasteiger partial charge is 0.201 e. The Bertz CT molecular complexity index is 979. The molecule has 1 heterocycles. The van der Waals surface area contributed by atoms with Crippen LogP contribution in [0.15, 0.2) is 60.7 Å². The van der Waals surface area contributed by atoms with Crippen LogP contribution in [-0.2, 0) is 31.9 Å². The molecule has 2 aromatic carbocycles. The van der Waals surface area contributed by atoms with Crippen molar-refractivity contribution in [2.24, 2.45) is 0 Å². The van der Waals surface area contributed by atoms with Crippen LogP contribution in [0.25, 0.3) is 0 Å². The first-order valence-corrected chi connectivity index (χ1v) is 17.7. The Balaban J connectivity index is 1.95. The average Bonchev–Trinajstić information content (AvgIpc) is 3.26.